The summed E-state index contributed by atoms with van der Waals surface area (Å²) in [6.45, 7) is 6.29. The molecule has 0 saturated carbocycles. The van der Waals surface area contributed by atoms with Crippen molar-refractivity contribution < 1.29 is 22.7 Å². The zero-order valence-electron chi connectivity index (χ0n) is 21.0. The lowest BCUT2D eigenvalue weighted by molar-refractivity contribution is -0.116. The standard InChI is InChI=1S/C26H37N3O5S/c1-4-34-25(31)29-19-5-7-20(15-21(29)8-6-19)27-13-11-26(12-14-27)17-28(18(2)30)24-10-9-22(16-23(24)26)35(3,32)33/h9-10,16,19-21H,4-8,11-15,17H2,1-3H3. The zero-order valence-corrected chi connectivity index (χ0v) is 21.8. The Morgan fingerprint density at radius 3 is 2.34 bits per heavy atom. The number of fused-ring (bicyclic) bond motifs is 4. The second-order valence-corrected chi connectivity index (χ2v) is 12.8. The predicted octanol–water partition coefficient (Wildman–Crippen LogP) is 3.33. The molecule has 9 heteroatoms. The third-order valence-corrected chi connectivity index (χ3v) is 9.96. The normalized spacial score (nSPS) is 28.1. The smallest absolute Gasteiger partial charge is 0.410 e. The first-order chi connectivity index (χ1) is 16.6. The first-order valence-corrected chi connectivity index (χ1v) is 14.8. The Labute approximate surface area is 208 Å². The van der Waals surface area contributed by atoms with E-state index in [1.807, 2.05) is 22.8 Å². The van der Waals surface area contributed by atoms with Gasteiger partial charge in [0.15, 0.2) is 9.84 Å². The monoisotopic (exact) mass is 503 g/mol. The highest BCUT2D eigenvalue weighted by atomic mass is 32.2. The lowest BCUT2D eigenvalue weighted by atomic mass is 9.74. The van der Waals surface area contributed by atoms with Gasteiger partial charge in [-0.2, -0.15) is 0 Å². The van der Waals surface area contributed by atoms with Crippen LogP contribution in [0.4, 0.5) is 10.5 Å². The largest absolute Gasteiger partial charge is 0.450 e. The number of ether oxygens (including phenoxy) is 1. The average Bonchev–Trinajstić information content (AvgIpc) is 3.28. The van der Waals surface area contributed by atoms with Gasteiger partial charge in [0.2, 0.25) is 5.91 Å². The van der Waals surface area contributed by atoms with Crippen LogP contribution in [0.1, 0.15) is 64.4 Å². The number of nitrogens with zero attached hydrogens (tertiary/aromatic N) is 3. The van der Waals surface area contributed by atoms with E-state index in [9.17, 15) is 18.0 Å². The molecule has 3 atom stereocenters. The van der Waals surface area contributed by atoms with Gasteiger partial charge in [0, 0.05) is 49.0 Å². The van der Waals surface area contributed by atoms with Gasteiger partial charge in [0.05, 0.1) is 11.5 Å². The van der Waals surface area contributed by atoms with Crippen LogP contribution in [0.3, 0.4) is 0 Å². The fourth-order valence-corrected chi connectivity index (χ4v) is 7.67. The molecule has 5 rings (SSSR count). The summed E-state index contributed by atoms with van der Waals surface area (Å²) in [4.78, 5) is 31.7. The number of likely N-dealkylation sites (tertiary alicyclic amines) is 1. The van der Waals surface area contributed by atoms with Gasteiger partial charge in [-0.25, -0.2) is 13.2 Å². The molecule has 3 saturated heterocycles. The van der Waals surface area contributed by atoms with Crippen molar-refractivity contribution in [1.82, 2.24) is 9.80 Å². The average molecular weight is 504 g/mol. The molecular formula is C26H37N3O5S. The summed E-state index contributed by atoms with van der Waals surface area (Å²) < 4.78 is 29.9. The Bertz CT molecular complexity index is 1110. The molecule has 1 spiro atoms. The molecule has 2 amide bonds. The van der Waals surface area contributed by atoms with Crippen LogP contribution >= 0.6 is 0 Å². The third kappa shape index (κ3) is 4.35. The molecule has 35 heavy (non-hydrogen) atoms. The minimum atomic E-state index is -3.33. The fraction of sp³-hybridized carbons (Fsp3) is 0.692. The van der Waals surface area contributed by atoms with Crippen LogP contribution in [0, 0.1) is 0 Å². The van der Waals surface area contributed by atoms with Crippen LogP contribution < -0.4 is 4.90 Å². The summed E-state index contributed by atoms with van der Waals surface area (Å²) >= 11 is 0. The number of carbonyl (C=O) groups excluding carboxylic acids is 2. The maximum atomic E-state index is 12.6. The highest BCUT2D eigenvalue weighted by Crippen LogP contribution is 2.48. The Kier molecular flexibility index (Phi) is 6.36. The molecule has 0 radical (unpaired) electrons. The van der Waals surface area contributed by atoms with Crippen molar-refractivity contribution in [2.24, 2.45) is 0 Å². The molecule has 192 valence electrons. The second-order valence-electron chi connectivity index (χ2n) is 10.8. The van der Waals surface area contributed by atoms with E-state index in [-0.39, 0.29) is 23.5 Å². The molecule has 8 nitrogen and oxygen atoms in total. The Balaban J connectivity index is 1.33. The number of rotatable bonds is 3. The van der Waals surface area contributed by atoms with Gasteiger partial charge in [-0.3, -0.25) is 4.79 Å². The van der Waals surface area contributed by atoms with Crippen molar-refractivity contribution in [3.8, 4) is 0 Å². The summed E-state index contributed by atoms with van der Waals surface area (Å²) in [6, 6.07) is 6.21. The summed E-state index contributed by atoms with van der Waals surface area (Å²) in [5.74, 6) is -0.00323. The number of sulfone groups is 1. The van der Waals surface area contributed by atoms with E-state index < -0.39 is 9.84 Å². The van der Waals surface area contributed by atoms with Gasteiger partial charge in [-0.1, -0.05) is 0 Å². The van der Waals surface area contributed by atoms with Crippen molar-refractivity contribution in [1.29, 1.82) is 0 Å². The van der Waals surface area contributed by atoms with Crippen molar-refractivity contribution in [3.05, 3.63) is 23.8 Å². The minimum absolute atomic E-state index is 0.00323. The number of anilines is 1. The SMILES string of the molecule is CCOC(=O)N1C2CCC(N3CCC4(CC3)CN(C(C)=O)c3ccc(S(C)(=O)=O)cc34)CC1CC2. The molecule has 4 heterocycles. The van der Waals surface area contributed by atoms with Crippen LogP contribution in [-0.4, -0.2) is 80.8 Å². The number of amides is 2. The molecule has 3 unspecified atom stereocenters. The van der Waals surface area contributed by atoms with Gasteiger partial charge >= 0.3 is 6.09 Å². The molecular weight excluding hydrogens is 466 g/mol. The van der Waals surface area contributed by atoms with Crippen molar-refractivity contribution in [2.45, 2.75) is 87.2 Å². The van der Waals surface area contributed by atoms with Crippen molar-refractivity contribution in [2.75, 3.05) is 37.4 Å². The van der Waals surface area contributed by atoms with E-state index >= 15 is 0 Å². The lowest BCUT2D eigenvalue weighted by Crippen LogP contribution is -2.50. The van der Waals surface area contributed by atoms with Gasteiger partial charge in [-0.05, 0) is 88.7 Å². The van der Waals surface area contributed by atoms with Crippen LogP contribution in [0.15, 0.2) is 23.1 Å². The quantitative estimate of drug-likeness (QED) is 0.629. The summed E-state index contributed by atoms with van der Waals surface area (Å²) in [5.41, 5.74) is 1.65. The van der Waals surface area contributed by atoms with Crippen LogP contribution in [0.2, 0.25) is 0 Å². The number of carbonyl (C=O) groups is 2. The molecule has 4 aliphatic heterocycles. The van der Waals surface area contributed by atoms with E-state index in [2.05, 4.69) is 4.90 Å². The molecule has 3 fully saturated rings. The van der Waals surface area contributed by atoms with E-state index in [4.69, 9.17) is 4.74 Å². The zero-order chi connectivity index (χ0) is 25.0. The van der Waals surface area contributed by atoms with E-state index in [1.165, 1.54) is 6.26 Å². The number of hydrogen-bond acceptors (Lipinski definition) is 6. The van der Waals surface area contributed by atoms with Crippen LogP contribution in [0.25, 0.3) is 0 Å². The van der Waals surface area contributed by atoms with Gasteiger partial charge in [0.1, 0.15) is 0 Å². The summed E-state index contributed by atoms with van der Waals surface area (Å²) in [6.07, 6.45) is 8.06. The first kappa shape index (κ1) is 24.6. The molecule has 0 aromatic heterocycles. The molecule has 1 aromatic rings. The first-order valence-electron chi connectivity index (χ1n) is 12.9. The topological polar surface area (TPSA) is 87.2 Å². The van der Waals surface area contributed by atoms with Crippen LogP contribution in [-0.2, 0) is 24.8 Å². The summed E-state index contributed by atoms with van der Waals surface area (Å²) in [5, 5.41) is 0. The molecule has 2 bridgehead atoms. The van der Waals surface area contributed by atoms with Gasteiger partial charge in [-0.15, -0.1) is 0 Å². The maximum absolute atomic E-state index is 12.6. The molecule has 4 aliphatic rings. The third-order valence-electron chi connectivity index (χ3n) is 8.85. The van der Waals surface area contributed by atoms with E-state index in [1.54, 1.807) is 19.1 Å². The number of piperidine rings is 1. The van der Waals surface area contributed by atoms with Crippen molar-refractivity contribution in [3.63, 3.8) is 0 Å². The molecule has 0 N–H and O–H groups in total. The number of hydrogen-bond donors (Lipinski definition) is 0. The van der Waals surface area contributed by atoms with Gasteiger partial charge < -0.3 is 19.4 Å². The summed E-state index contributed by atoms with van der Waals surface area (Å²) in [7, 11) is -3.33. The highest BCUT2D eigenvalue weighted by Gasteiger charge is 2.48. The van der Waals surface area contributed by atoms with Gasteiger partial charge in [0.25, 0.3) is 0 Å². The lowest BCUT2D eigenvalue weighted by Gasteiger charge is -2.43. The van der Waals surface area contributed by atoms with E-state index in [0.717, 1.165) is 69.3 Å². The van der Waals surface area contributed by atoms with Crippen molar-refractivity contribution >= 4 is 27.5 Å². The van der Waals surface area contributed by atoms with Crippen LogP contribution in [0.5, 0.6) is 0 Å². The second kappa shape index (κ2) is 9.07. The predicted molar refractivity (Wildman–Crippen MR) is 133 cm³/mol. The molecule has 0 aliphatic carbocycles. The Morgan fingerprint density at radius 1 is 1.06 bits per heavy atom. The molecule has 1 aromatic carbocycles. The maximum Gasteiger partial charge on any atom is 0.410 e. The van der Waals surface area contributed by atoms with E-state index in [0.29, 0.717) is 30.1 Å². The number of benzene rings is 1. The Morgan fingerprint density at radius 2 is 1.71 bits per heavy atom. The Hall–Kier alpha value is -2.13. The fourth-order valence-electron chi connectivity index (χ4n) is 7.02. The highest BCUT2D eigenvalue weighted by molar-refractivity contribution is 7.90. The minimum Gasteiger partial charge on any atom is -0.450 e.